The molecule has 0 radical (unpaired) electrons. The third kappa shape index (κ3) is 4.86. The van der Waals surface area contributed by atoms with Crippen LogP contribution in [0, 0.1) is 0 Å². The smallest absolute Gasteiger partial charge is 0.420 e. The van der Waals surface area contributed by atoms with Gasteiger partial charge in [-0.3, -0.25) is 14.7 Å². The van der Waals surface area contributed by atoms with Crippen LogP contribution in [-0.4, -0.2) is 52.6 Å². The third-order valence-electron chi connectivity index (χ3n) is 7.06. The second-order valence-corrected chi connectivity index (χ2v) is 10.3. The first-order valence-electron chi connectivity index (χ1n) is 12.4. The van der Waals surface area contributed by atoms with Crippen molar-refractivity contribution < 1.29 is 23.1 Å². The molecule has 1 aromatic heterocycles. The minimum Gasteiger partial charge on any atom is -0.420 e. The van der Waals surface area contributed by atoms with Gasteiger partial charge in [0.15, 0.2) is 5.78 Å². The zero-order valence-electron chi connectivity index (χ0n) is 21.1. The summed E-state index contributed by atoms with van der Waals surface area (Å²) in [6.07, 6.45) is 2.52. The number of amides is 1. The largest absolute Gasteiger partial charge is 0.487 e. The van der Waals surface area contributed by atoms with E-state index in [4.69, 9.17) is 11.6 Å². The maximum atomic E-state index is 13.7. The summed E-state index contributed by atoms with van der Waals surface area (Å²) in [6.45, 7) is 7.35. The van der Waals surface area contributed by atoms with Crippen molar-refractivity contribution in [3.8, 4) is 17.0 Å². The highest BCUT2D eigenvalue weighted by Gasteiger charge is 2.44. The van der Waals surface area contributed by atoms with Crippen LogP contribution >= 0.6 is 11.6 Å². The maximum absolute atomic E-state index is 13.7. The molecule has 8 nitrogen and oxygen atoms in total. The SMILES string of the molecule is CC(=O)c1c(C(=O)Nc2ccc(OC(F)(F)Cl)cc2)cc2c(c1-c1ccn[nH]1)N(C(C)C)C1CNCCC21. The summed E-state index contributed by atoms with van der Waals surface area (Å²) in [5.74, 6) is -0.704. The lowest BCUT2D eigenvalue weighted by Gasteiger charge is -2.37. The highest BCUT2D eigenvalue weighted by atomic mass is 35.5. The molecule has 2 aliphatic rings. The Morgan fingerprint density at radius 1 is 1.24 bits per heavy atom. The number of halogens is 3. The van der Waals surface area contributed by atoms with E-state index >= 15 is 0 Å². The summed E-state index contributed by atoms with van der Waals surface area (Å²) in [4.78, 5) is 29.2. The first-order valence-corrected chi connectivity index (χ1v) is 12.8. The molecule has 2 aliphatic heterocycles. The minimum atomic E-state index is -3.84. The van der Waals surface area contributed by atoms with E-state index in [1.54, 1.807) is 12.3 Å². The van der Waals surface area contributed by atoms with Crippen molar-refractivity contribution in [3.05, 3.63) is 59.3 Å². The molecule has 2 atom stereocenters. The van der Waals surface area contributed by atoms with Crippen molar-refractivity contribution in [2.75, 3.05) is 23.3 Å². The van der Waals surface area contributed by atoms with E-state index < -0.39 is 11.5 Å². The van der Waals surface area contributed by atoms with Gasteiger partial charge in [0, 0.05) is 59.2 Å². The Balaban J connectivity index is 1.62. The number of H-pyrrole nitrogens is 1. The zero-order chi connectivity index (χ0) is 27.2. The summed E-state index contributed by atoms with van der Waals surface area (Å²) in [7, 11) is 0. The van der Waals surface area contributed by atoms with Gasteiger partial charge in [0.25, 0.3) is 5.91 Å². The fourth-order valence-corrected chi connectivity index (χ4v) is 5.79. The molecule has 3 N–H and O–H groups in total. The topological polar surface area (TPSA) is 99.4 Å². The summed E-state index contributed by atoms with van der Waals surface area (Å²) in [6, 6.07) is 9.39. The lowest BCUT2D eigenvalue weighted by Crippen LogP contribution is -2.49. The number of anilines is 2. The molecule has 0 bridgehead atoms. The predicted octanol–water partition coefficient (Wildman–Crippen LogP) is 5.37. The molecule has 0 saturated carbocycles. The average Bonchev–Trinajstić information content (AvgIpc) is 3.49. The number of carbonyl (C=O) groups is 2. The van der Waals surface area contributed by atoms with E-state index in [-0.39, 0.29) is 35.1 Å². The van der Waals surface area contributed by atoms with Gasteiger partial charge in [-0.15, -0.1) is 8.78 Å². The molecule has 0 aliphatic carbocycles. The van der Waals surface area contributed by atoms with Crippen LogP contribution in [0.1, 0.15) is 59.4 Å². The van der Waals surface area contributed by atoms with Gasteiger partial charge < -0.3 is 20.3 Å². The number of aromatic nitrogens is 2. The number of fused-ring (bicyclic) bond motifs is 3. The first-order chi connectivity index (χ1) is 18.0. The number of ether oxygens (including phenoxy) is 1. The van der Waals surface area contributed by atoms with Gasteiger partial charge >= 0.3 is 5.57 Å². The summed E-state index contributed by atoms with van der Waals surface area (Å²) in [5.41, 5.74) is 0.343. The number of nitrogens with one attached hydrogen (secondary N) is 3. The number of Topliss-reactive ketones (excluding diaryl/α,β-unsaturated/α-hetero) is 1. The Labute approximate surface area is 223 Å². The lowest BCUT2D eigenvalue weighted by molar-refractivity contribution is -0.0964. The van der Waals surface area contributed by atoms with Crippen molar-refractivity contribution in [3.63, 3.8) is 0 Å². The molecule has 11 heteroatoms. The monoisotopic (exact) mass is 543 g/mol. The van der Waals surface area contributed by atoms with Crippen LogP contribution in [-0.2, 0) is 0 Å². The second-order valence-electron chi connectivity index (χ2n) is 9.83. The number of piperidine rings is 1. The third-order valence-corrected chi connectivity index (χ3v) is 7.14. The average molecular weight is 544 g/mol. The van der Waals surface area contributed by atoms with Gasteiger partial charge in [0.2, 0.25) is 0 Å². The number of carbonyl (C=O) groups excluding carboxylic acids is 2. The molecule has 0 spiro atoms. The number of hydrogen-bond donors (Lipinski definition) is 3. The summed E-state index contributed by atoms with van der Waals surface area (Å²) in [5, 5.41) is 13.4. The van der Waals surface area contributed by atoms with Gasteiger partial charge in [0.1, 0.15) is 5.75 Å². The van der Waals surface area contributed by atoms with E-state index in [1.165, 1.54) is 31.2 Å². The number of aromatic amines is 1. The van der Waals surface area contributed by atoms with E-state index in [1.807, 2.05) is 6.07 Å². The number of ketones is 1. The molecule has 1 amide bonds. The van der Waals surface area contributed by atoms with Crippen molar-refractivity contribution in [2.45, 2.75) is 50.8 Å². The van der Waals surface area contributed by atoms with Crippen molar-refractivity contribution in [1.82, 2.24) is 15.5 Å². The van der Waals surface area contributed by atoms with E-state index in [0.717, 1.165) is 30.8 Å². The van der Waals surface area contributed by atoms with Crippen LogP contribution in [0.5, 0.6) is 5.75 Å². The normalized spacial score (nSPS) is 18.8. The molecule has 3 aromatic rings. The summed E-state index contributed by atoms with van der Waals surface area (Å²) < 4.78 is 30.2. The summed E-state index contributed by atoms with van der Waals surface area (Å²) >= 11 is 4.83. The predicted molar refractivity (Wildman–Crippen MR) is 141 cm³/mol. The van der Waals surface area contributed by atoms with E-state index in [0.29, 0.717) is 22.5 Å². The highest BCUT2D eigenvalue weighted by molar-refractivity contribution is 6.20. The number of rotatable bonds is 7. The van der Waals surface area contributed by atoms with Crippen LogP contribution in [0.25, 0.3) is 11.3 Å². The minimum absolute atomic E-state index is 0.155. The molecule has 3 heterocycles. The van der Waals surface area contributed by atoms with Crippen molar-refractivity contribution >= 4 is 34.7 Å². The molecule has 1 fully saturated rings. The molecular weight excluding hydrogens is 516 g/mol. The second kappa shape index (κ2) is 9.99. The van der Waals surface area contributed by atoms with Gasteiger partial charge in [-0.1, -0.05) is 0 Å². The molecule has 1 saturated heterocycles. The maximum Gasteiger partial charge on any atom is 0.487 e. The Bertz CT molecular complexity index is 1360. The molecule has 200 valence electrons. The van der Waals surface area contributed by atoms with Gasteiger partial charge in [-0.25, -0.2) is 0 Å². The van der Waals surface area contributed by atoms with Gasteiger partial charge in [0.05, 0.1) is 16.9 Å². The highest BCUT2D eigenvalue weighted by Crippen LogP contribution is 2.51. The lowest BCUT2D eigenvalue weighted by atomic mass is 9.84. The Kier molecular flexibility index (Phi) is 6.87. The molecular formula is C27H28ClF2N5O3. The van der Waals surface area contributed by atoms with Crippen molar-refractivity contribution in [1.29, 1.82) is 0 Å². The van der Waals surface area contributed by atoms with Crippen LogP contribution in [0.4, 0.5) is 20.2 Å². The molecule has 2 aromatic carbocycles. The molecule has 38 heavy (non-hydrogen) atoms. The van der Waals surface area contributed by atoms with Crippen LogP contribution < -0.4 is 20.3 Å². The van der Waals surface area contributed by atoms with E-state index in [2.05, 4.69) is 44.3 Å². The van der Waals surface area contributed by atoms with Crippen LogP contribution in [0.2, 0.25) is 0 Å². The van der Waals surface area contributed by atoms with E-state index in [9.17, 15) is 18.4 Å². The number of hydrogen-bond acceptors (Lipinski definition) is 6. The Morgan fingerprint density at radius 3 is 2.58 bits per heavy atom. The van der Waals surface area contributed by atoms with Crippen LogP contribution in [0.3, 0.4) is 0 Å². The van der Waals surface area contributed by atoms with Crippen LogP contribution in [0.15, 0.2) is 42.6 Å². The van der Waals surface area contributed by atoms with Crippen molar-refractivity contribution in [2.24, 2.45) is 0 Å². The Morgan fingerprint density at radius 2 is 1.97 bits per heavy atom. The first kappa shape index (κ1) is 26.1. The number of nitrogens with zero attached hydrogens (tertiary/aromatic N) is 2. The molecule has 2 unspecified atom stereocenters. The fraction of sp³-hybridized carbons (Fsp3) is 0.370. The number of alkyl halides is 3. The molecule has 5 rings (SSSR count). The van der Waals surface area contributed by atoms with Gasteiger partial charge in [-0.05, 0) is 75.7 Å². The Hall–Kier alpha value is -3.50. The standard InChI is InChI=1S/C27H28ClF2N5O3/c1-14(2)35-22-13-31-10-8-18(22)19-12-20(23(15(3)36)24(25(19)35)21-9-11-32-34-21)26(37)33-16-4-6-17(7-5-16)38-27(28,29)30/h4-7,9,11-12,14,18,22,31H,8,10,13H2,1-3H3,(H,32,34)(H,33,37). The zero-order valence-corrected chi connectivity index (χ0v) is 21.9. The van der Waals surface area contributed by atoms with Gasteiger partial charge in [-0.2, -0.15) is 5.10 Å². The quantitative estimate of drug-likeness (QED) is 0.273. The fourth-order valence-electron chi connectivity index (χ4n) is 5.70. The number of benzene rings is 2.